The summed E-state index contributed by atoms with van der Waals surface area (Å²) in [5.41, 5.74) is 4.57. The first-order chi connectivity index (χ1) is 12.2. The van der Waals surface area contributed by atoms with Gasteiger partial charge in [0.25, 0.3) is 0 Å². The summed E-state index contributed by atoms with van der Waals surface area (Å²) >= 11 is 3.54. The fourth-order valence-electron chi connectivity index (χ4n) is 2.62. The lowest BCUT2D eigenvalue weighted by atomic mass is 10.1. The molecule has 0 aliphatic heterocycles. The van der Waals surface area contributed by atoms with Crippen LogP contribution in [-0.4, -0.2) is 4.98 Å². The van der Waals surface area contributed by atoms with Crippen LogP contribution in [0.3, 0.4) is 0 Å². The predicted octanol–water partition coefficient (Wildman–Crippen LogP) is 5.02. The highest BCUT2D eigenvalue weighted by Crippen LogP contribution is 2.24. The van der Waals surface area contributed by atoms with Crippen LogP contribution in [0.25, 0.3) is 0 Å². The highest BCUT2D eigenvalue weighted by Gasteiger charge is 2.06. The van der Waals surface area contributed by atoms with Crippen molar-refractivity contribution in [2.75, 3.05) is 0 Å². The summed E-state index contributed by atoms with van der Waals surface area (Å²) in [6.45, 7) is 4.11. The molecular formula is C21H21BrN2O. The monoisotopic (exact) mass is 396 g/mol. The molecule has 4 heteroatoms. The molecule has 0 saturated heterocycles. The Morgan fingerprint density at radius 1 is 1.00 bits per heavy atom. The second-order valence-electron chi connectivity index (χ2n) is 5.95. The van der Waals surface area contributed by atoms with Crippen LogP contribution in [0.5, 0.6) is 5.75 Å². The third-order valence-corrected chi connectivity index (χ3v) is 4.34. The summed E-state index contributed by atoms with van der Waals surface area (Å²) in [5.74, 6) is 0.901. The van der Waals surface area contributed by atoms with E-state index in [1.54, 1.807) is 0 Å². The van der Waals surface area contributed by atoms with Crippen LogP contribution in [0.1, 0.15) is 22.4 Å². The lowest BCUT2D eigenvalue weighted by Gasteiger charge is -2.13. The van der Waals surface area contributed by atoms with Crippen molar-refractivity contribution in [3.63, 3.8) is 0 Å². The molecule has 0 saturated carbocycles. The van der Waals surface area contributed by atoms with E-state index in [9.17, 15) is 0 Å². The van der Waals surface area contributed by atoms with Gasteiger partial charge >= 0.3 is 0 Å². The number of hydrogen-bond acceptors (Lipinski definition) is 3. The van der Waals surface area contributed by atoms with E-state index in [0.29, 0.717) is 6.61 Å². The Morgan fingerprint density at radius 3 is 2.72 bits per heavy atom. The molecule has 0 radical (unpaired) electrons. The molecule has 3 aromatic rings. The summed E-state index contributed by atoms with van der Waals surface area (Å²) in [6.07, 6.45) is 1.81. The number of aromatic nitrogens is 1. The molecule has 3 nitrogen and oxygen atoms in total. The van der Waals surface area contributed by atoms with Gasteiger partial charge in [0.15, 0.2) is 0 Å². The molecular weight excluding hydrogens is 376 g/mol. The minimum Gasteiger partial charge on any atom is -0.489 e. The van der Waals surface area contributed by atoms with E-state index in [4.69, 9.17) is 4.74 Å². The van der Waals surface area contributed by atoms with Crippen LogP contribution in [-0.2, 0) is 19.7 Å². The molecule has 0 fully saturated rings. The maximum atomic E-state index is 6.06. The standard InChI is InChI=1S/C21H21BrN2O/c1-16-5-4-6-17(11-16)15-25-21-9-8-19(22)12-18(21)13-23-14-20-7-2-3-10-24-20/h2-12,23H,13-15H2,1H3. The summed E-state index contributed by atoms with van der Waals surface area (Å²) < 4.78 is 7.11. The zero-order valence-corrected chi connectivity index (χ0v) is 15.8. The van der Waals surface area contributed by atoms with Gasteiger partial charge in [0.05, 0.1) is 5.69 Å². The highest BCUT2D eigenvalue weighted by molar-refractivity contribution is 9.10. The number of halogens is 1. The van der Waals surface area contributed by atoms with Crippen molar-refractivity contribution in [2.24, 2.45) is 0 Å². The van der Waals surface area contributed by atoms with E-state index in [-0.39, 0.29) is 0 Å². The van der Waals surface area contributed by atoms with Gasteiger partial charge < -0.3 is 10.1 Å². The lowest BCUT2D eigenvalue weighted by molar-refractivity contribution is 0.302. The van der Waals surface area contributed by atoms with Gasteiger partial charge in [-0.15, -0.1) is 0 Å². The Morgan fingerprint density at radius 2 is 1.92 bits per heavy atom. The van der Waals surface area contributed by atoms with E-state index < -0.39 is 0 Å². The third-order valence-electron chi connectivity index (χ3n) is 3.85. The summed E-state index contributed by atoms with van der Waals surface area (Å²) in [6, 6.07) is 20.4. The van der Waals surface area contributed by atoms with E-state index in [1.165, 1.54) is 11.1 Å². The number of pyridine rings is 1. The van der Waals surface area contributed by atoms with Crippen LogP contribution in [0.2, 0.25) is 0 Å². The predicted molar refractivity (Wildman–Crippen MR) is 104 cm³/mol. The van der Waals surface area contributed by atoms with E-state index in [0.717, 1.165) is 34.6 Å². The van der Waals surface area contributed by atoms with E-state index in [1.807, 2.05) is 36.5 Å². The van der Waals surface area contributed by atoms with Crippen molar-refractivity contribution in [3.05, 3.63) is 93.7 Å². The topological polar surface area (TPSA) is 34.1 Å². The van der Waals surface area contributed by atoms with E-state index >= 15 is 0 Å². The molecule has 0 aliphatic rings. The number of nitrogens with one attached hydrogen (secondary N) is 1. The average molecular weight is 397 g/mol. The third kappa shape index (κ3) is 5.41. The highest BCUT2D eigenvalue weighted by atomic mass is 79.9. The van der Waals surface area contributed by atoms with Gasteiger partial charge in [-0.25, -0.2) is 0 Å². The second kappa shape index (κ2) is 8.79. The van der Waals surface area contributed by atoms with Gasteiger partial charge in [0.1, 0.15) is 12.4 Å². The number of rotatable bonds is 7. The Hall–Kier alpha value is -2.17. The Labute approximate surface area is 157 Å². The number of nitrogens with zero attached hydrogens (tertiary/aromatic N) is 1. The smallest absolute Gasteiger partial charge is 0.124 e. The van der Waals surface area contributed by atoms with Crippen LogP contribution in [0.15, 0.2) is 71.3 Å². The molecule has 128 valence electrons. The lowest BCUT2D eigenvalue weighted by Crippen LogP contribution is -2.14. The van der Waals surface area contributed by atoms with Gasteiger partial charge in [0.2, 0.25) is 0 Å². The Balaban J connectivity index is 1.63. The van der Waals surface area contributed by atoms with Crippen molar-refractivity contribution < 1.29 is 4.74 Å². The first-order valence-corrected chi connectivity index (χ1v) is 9.07. The molecule has 0 atom stereocenters. The van der Waals surface area contributed by atoms with Crippen molar-refractivity contribution in [3.8, 4) is 5.75 Å². The Bertz CT molecular complexity index is 821. The van der Waals surface area contributed by atoms with Crippen molar-refractivity contribution in [1.82, 2.24) is 10.3 Å². The molecule has 1 heterocycles. The second-order valence-corrected chi connectivity index (χ2v) is 6.87. The van der Waals surface area contributed by atoms with Gasteiger partial charge in [0, 0.05) is 29.3 Å². The number of aryl methyl sites for hydroxylation is 1. The quantitative estimate of drug-likeness (QED) is 0.608. The molecule has 25 heavy (non-hydrogen) atoms. The summed E-state index contributed by atoms with van der Waals surface area (Å²) in [7, 11) is 0. The molecule has 0 amide bonds. The zero-order chi connectivity index (χ0) is 17.5. The van der Waals surface area contributed by atoms with Gasteiger partial charge in [-0.3, -0.25) is 4.98 Å². The SMILES string of the molecule is Cc1cccc(COc2ccc(Br)cc2CNCc2ccccn2)c1. The van der Waals surface area contributed by atoms with Crippen LogP contribution < -0.4 is 10.1 Å². The molecule has 0 spiro atoms. The van der Waals surface area contributed by atoms with Crippen LogP contribution >= 0.6 is 15.9 Å². The Kier molecular flexibility index (Phi) is 6.20. The molecule has 0 aliphatic carbocycles. The van der Waals surface area contributed by atoms with Crippen LogP contribution in [0.4, 0.5) is 0 Å². The molecule has 0 unspecified atom stereocenters. The number of hydrogen-bond donors (Lipinski definition) is 1. The maximum absolute atomic E-state index is 6.06. The molecule has 2 aromatic carbocycles. The fraction of sp³-hybridized carbons (Fsp3) is 0.190. The first kappa shape index (κ1) is 17.6. The maximum Gasteiger partial charge on any atom is 0.124 e. The largest absolute Gasteiger partial charge is 0.489 e. The van der Waals surface area contributed by atoms with Crippen LogP contribution in [0, 0.1) is 6.92 Å². The molecule has 0 bridgehead atoms. The molecule has 1 N–H and O–H groups in total. The van der Waals surface area contributed by atoms with Crippen molar-refractivity contribution in [2.45, 2.75) is 26.6 Å². The van der Waals surface area contributed by atoms with E-state index in [2.05, 4.69) is 63.5 Å². The van der Waals surface area contributed by atoms with Crippen molar-refractivity contribution >= 4 is 15.9 Å². The summed E-state index contributed by atoms with van der Waals surface area (Å²) in [4.78, 5) is 4.33. The fourth-order valence-corrected chi connectivity index (χ4v) is 3.03. The molecule has 3 rings (SSSR count). The van der Waals surface area contributed by atoms with Crippen molar-refractivity contribution in [1.29, 1.82) is 0 Å². The van der Waals surface area contributed by atoms with Gasteiger partial charge in [-0.2, -0.15) is 0 Å². The zero-order valence-electron chi connectivity index (χ0n) is 14.2. The number of ether oxygens (including phenoxy) is 1. The van der Waals surface area contributed by atoms with Gasteiger partial charge in [-0.1, -0.05) is 51.8 Å². The molecule has 1 aromatic heterocycles. The first-order valence-electron chi connectivity index (χ1n) is 8.28. The normalized spacial score (nSPS) is 10.6. The minimum absolute atomic E-state index is 0.566. The average Bonchev–Trinajstić information content (AvgIpc) is 2.62. The summed E-state index contributed by atoms with van der Waals surface area (Å²) in [5, 5.41) is 3.43. The number of benzene rings is 2. The van der Waals surface area contributed by atoms with Gasteiger partial charge in [-0.05, 0) is 42.8 Å². The minimum atomic E-state index is 0.566.